The summed E-state index contributed by atoms with van der Waals surface area (Å²) < 4.78 is 9.39. The summed E-state index contributed by atoms with van der Waals surface area (Å²) in [5.74, 6) is 0.704. The van der Waals surface area contributed by atoms with E-state index >= 15 is 0 Å². The van der Waals surface area contributed by atoms with E-state index < -0.39 is 0 Å². The summed E-state index contributed by atoms with van der Waals surface area (Å²) in [5, 5.41) is 11.7. The summed E-state index contributed by atoms with van der Waals surface area (Å²) in [6.07, 6.45) is 1.75. The molecule has 0 radical (unpaired) electrons. The smallest absolute Gasteiger partial charge is 0.250 e. The number of fused-ring (bicyclic) bond motifs is 4. The highest BCUT2D eigenvalue weighted by molar-refractivity contribution is 6.08. The highest BCUT2D eigenvalue weighted by Gasteiger charge is 2.16. The van der Waals surface area contributed by atoms with Gasteiger partial charge >= 0.3 is 0 Å². The molecule has 6 rings (SSSR count). The van der Waals surface area contributed by atoms with E-state index in [1.54, 1.807) is 24.1 Å². The Morgan fingerprint density at radius 2 is 1.62 bits per heavy atom. The molecule has 1 N–H and O–H groups in total. The van der Waals surface area contributed by atoms with E-state index in [9.17, 15) is 4.79 Å². The quantitative estimate of drug-likeness (QED) is 0.461. The number of para-hydroxylation sites is 2. The van der Waals surface area contributed by atoms with Gasteiger partial charge in [0.1, 0.15) is 5.75 Å². The lowest BCUT2D eigenvalue weighted by Gasteiger charge is -2.12. The summed E-state index contributed by atoms with van der Waals surface area (Å²) in [6, 6.07) is 23.8. The zero-order valence-corrected chi connectivity index (χ0v) is 17.3. The molecule has 3 aromatic heterocycles. The van der Waals surface area contributed by atoms with Crippen LogP contribution in [0.15, 0.2) is 83.8 Å². The zero-order valence-electron chi connectivity index (χ0n) is 17.3. The van der Waals surface area contributed by atoms with Gasteiger partial charge in [0, 0.05) is 33.3 Å². The van der Waals surface area contributed by atoms with Crippen molar-refractivity contribution in [2.45, 2.75) is 6.54 Å². The van der Waals surface area contributed by atoms with Crippen molar-refractivity contribution in [1.29, 1.82) is 0 Å². The lowest BCUT2D eigenvalue weighted by atomic mass is 10.1. The summed E-state index contributed by atoms with van der Waals surface area (Å²) in [7, 11) is 1.62. The van der Waals surface area contributed by atoms with Crippen LogP contribution in [0.5, 0.6) is 5.75 Å². The zero-order chi connectivity index (χ0) is 21.7. The van der Waals surface area contributed by atoms with Gasteiger partial charge in [-0.1, -0.05) is 41.6 Å². The van der Waals surface area contributed by atoms with E-state index in [0.717, 1.165) is 22.1 Å². The van der Waals surface area contributed by atoms with Crippen molar-refractivity contribution in [2.24, 2.45) is 0 Å². The van der Waals surface area contributed by atoms with E-state index in [2.05, 4.69) is 56.3 Å². The Balaban J connectivity index is 1.56. The molecule has 0 bridgehead atoms. The van der Waals surface area contributed by atoms with Crippen LogP contribution >= 0.6 is 0 Å². The molecule has 0 aliphatic rings. The Morgan fingerprint density at radius 1 is 0.906 bits per heavy atom. The first-order chi connectivity index (χ1) is 15.7. The number of aromatic amines is 1. The Morgan fingerprint density at radius 3 is 2.34 bits per heavy atom. The predicted octanol–water partition coefficient (Wildman–Crippen LogP) is 4.27. The number of nitrogens with zero attached hydrogens (tertiary/aromatic N) is 4. The average molecular weight is 421 g/mol. The maximum absolute atomic E-state index is 12.4. The monoisotopic (exact) mass is 421 g/mol. The van der Waals surface area contributed by atoms with Crippen molar-refractivity contribution in [1.82, 2.24) is 24.5 Å². The van der Waals surface area contributed by atoms with Gasteiger partial charge in [-0.25, -0.2) is 4.68 Å². The van der Waals surface area contributed by atoms with E-state index in [-0.39, 0.29) is 5.56 Å². The van der Waals surface area contributed by atoms with Crippen molar-refractivity contribution in [3.8, 4) is 11.4 Å². The van der Waals surface area contributed by atoms with Crippen molar-refractivity contribution in [3.63, 3.8) is 0 Å². The van der Waals surface area contributed by atoms with E-state index in [0.29, 0.717) is 23.5 Å². The molecule has 3 aromatic carbocycles. The molecule has 0 amide bonds. The van der Waals surface area contributed by atoms with Crippen LogP contribution in [0.2, 0.25) is 0 Å². The highest BCUT2D eigenvalue weighted by Crippen LogP contribution is 2.30. The minimum absolute atomic E-state index is 0.198. The first kappa shape index (κ1) is 18.4. The van der Waals surface area contributed by atoms with Gasteiger partial charge in [0.15, 0.2) is 0 Å². The number of benzene rings is 3. The van der Waals surface area contributed by atoms with Gasteiger partial charge in [-0.3, -0.25) is 4.79 Å². The van der Waals surface area contributed by atoms with Crippen molar-refractivity contribution in [3.05, 3.63) is 95.0 Å². The minimum Gasteiger partial charge on any atom is -0.497 e. The fourth-order valence-corrected chi connectivity index (χ4v) is 4.42. The molecular weight excluding hydrogens is 402 g/mol. The topological polar surface area (TPSA) is 77.7 Å². The normalized spacial score (nSPS) is 11.5. The van der Waals surface area contributed by atoms with E-state index in [4.69, 9.17) is 4.74 Å². The lowest BCUT2D eigenvalue weighted by molar-refractivity contribution is 0.415. The standard InChI is InChI=1S/C25H19N5O2/c1-32-17-10-11-21-20(12-17)24(13-25(31)27-21)30-16(14-26-28-30)15-29-22-8-4-2-6-18(22)19-7-3-5-9-23(19)29/h2-14H,15H2,1H3,(H,27,31). The molecule has 0 aliphatic carbocycles. The Hall–Kier alpha value is -4.39. The first-order valence-corrected chi connectivity index (χ1v) is 10.3. The second-order valence-corrected chi connectivity index (χ2v) is 7.69. The molecule has 7 heteroatoms. The van der Waals surface area contributed by atoms with Crippen molar-refractivity contribution < 1.29 is 4.74 Å². The summed E-state index contributed by atoms with van der Waals surface area (Å²) in [5.41, 5.74) is 4.32. The number of aromatic nitrogens is 5. The van der Waals surface area contributed by atoms with Crippen LogP contribution in [0.1, 0.15) is 5.69 Å². The molecule has 0 fully saturated rings. The van der Waals surface area contributed by atoms with Crippen LogP contribution in [0, 0.1) is 0 Å². The summed E-state index contributed by atoms with van der Waals surface area (Å²) in [6.45, 7) is 0.555. The Labute approximate surface area is 182 Å². The molecule has 32 heavy (non-hydrogen) atoms. The van der Waals surface area contributed by atoms with Crippen LogP contribution < -0.4 is 10.3 Å². The third-order valence-corrected chi connectivity index (χ3v) is 5.88. The SMILES string of the molecule is COc1ccc2[nH]c(=O)cc(-n3nncc3Cn3c4ccccc4c4ccccc43)c2c1. The molecule has 0 spiro atoms. The maximum atomic E-state index is 12.4. The third kappa shape index (κ3) is 2.79. The van der Waals surface area contributed by atoms with Crippen LogP contribution in [0.25, 0.3) is 38.4 Å². The van der Waals surface area contributed by atoms with Crippen LogP contribution in [-0.2, 0) is 6.54 Å². The lowest BCUT2D eigenvalue weighted by Crippen LogP contribution is -2.12. The number of H-pyrrole nitrogens is 1. The number of pyridine rings is 1. The first-order valence-electron chi connectivity index (χ1n) is 10.3. The maximum Gasteiger partial charge on any atom is 0.250 e. The minimum atomic E-state index is -0.198. The van der Waals surface area contributed by atoms with Gasteiger partial charge in [-0.2, -0.15) is 0 Å². The number of rotatable bonds is 4. The third-order valence-electron chi connectivity index (χ3n) is 5.88. The fourth-order valence-electron chi connectivity index (χ4n) is 4.42. The number of hydrogen-bond acceptors (Lipinski definition) is 4. The second kappa shape index (κ2) is 7.09. The van der Waals surface area contributed by atoms with Crippen LogP contribution in [-0.4, -0.2) is 31.7 Å². The van der Waals surface area contributed by atoms with Gasteiger partial charge in [-0.05, 0) is 30.3 Å². The molecule has 156 valence electrons. The van der Waals surface area contributed by atoms with Crippen LogP contribution in [0.4, 0.5) is 0 Å². The van der Waals surface area contributed by atoms with Gasteiger partial charge in [0.25, 0.3) is 5.56 Å². The molecule has 0 atom stereocenters. The van der Waals surface area contributed by atoms with Crippen LogP contribution in [0.3, 0.4) is 0 Å². The molecule has 0 unspecified atom stereocenters. The predicted molar refractivity (Wildman–Crippen MR) is 125 cm³/mol. The fraction of sp³-hybridized carbons (Fsp3) is 0.0800. The molecular formula is C25H19N5O2. The number of methoxy groups -OCH3 is 1. The number of hydrogen-bond donors (Lipinski definition) is 1. The average Bonchev–Trinajstić information content (AvgIpc) is 3.42. The van der Waals surface area contributed by atoms with Crippen molar-refractivity contribution in [2.75, 3.05) is 7.11 Å². The molecule has 0 saturated heterocycles. The second-order valence-electron chi connectivity index (χ2n) is 7.69. The molecule has 7 nitrogen and oxygen atoms in total. The Bertz CT molecular complexity index is 1620. The summed E-state index contributed by atoms with van der Waals surface area (Å²) in [4.78, 5) is 15.3. The number of nitrogens with one attached hydrogen (secondary N) is 1. The number of ether oxygens (including phenoxy) is 1. The largest absolute Gasteiger partial charge is 0.497 e. The molecule has 3 heterocycles. The molecule has 6 aromatic rings. The Kier molecular flexibility index (Phi) is 4.07. The van der Waals surface area contributed by atoms with E-state index in [1.165, 1.54) is 10.8 Å². The molecule has 0 saturated carbocycles. The van der Waals surface area contributed by atoms with Gasteiger partial charge in [-0.15, -0.1) is 5.10 Å². The summed E-state index contributed by atoms with van der Waals surface area (Å²) >= 11 is 0. The molecule has 0 aliphatic heterocycles. The van der Waals surface area contributed by atoms with Crippen molar-refractivity contribution >= 4 is 32.7 Å². The van der Waals surface area contributed by atoms with Gasteiger partial charge in [0.05, 0.1) is 36.7 Å². The van der Waals surface area contributed by atoms with Gasteiger partial charge in [0.2, 0.25) is 0 Å². The van der Waals surface area contributed by atoms with E-state index in [1.807, 2.05) is 30.3 Å². The van der Waals surface area contributed by atoms with Gasteiger partial charge < -0.3 is 14.3 Å². The highest BCUT2D eigenvalue weighted by atomic mass is 16.5.